The number of hydrogen-bond acceptors (Lipinski definition) is 7. The lowest BCUT2D eigenvalue weighted by Gasteiger charge is -1.98. The molecule has 2 aromatic heterocycles. The fraction of sp³-hybridized carbons (Fsp3) is 0.143. The summed E-state index contributed by atoms with van der Waals surface area (Å²) < 4.78 is 21.9. The summed E-state index contributed by atoms with van der Waals surface area (Å²) in [5.41, 5.74) is 3.16. The first-order chi connectivity index (χ1) is 6.90. The summed E-state index contributed by atoms with van der Waals surface area (Å²) in [6, 6.07) is 1.84. The van der Waals surface area contributed by atoms with E-state index in [1.807, 2.05) is 6.07 Å². The van der Waals surface area contributed by atoms with Gasteiger partial charge in [0.1, 0.15) is 27.8 Å². The molecule has 0 radical (unpaired) electrons. The molecule has 5 nitrogen and oxygen atoms in total. The zero-order valence-electron chi connectivity index (χ0n) is 7.09. The molecular formula is C7H4N4OS2. The number of ether oxygens (including phenoxy) is 1. The van der Waals surface area contributed by atoms with E-state index in [0.29, 0.717) is 5.75 Å². The van der Waals surface area contributed by atoms with Gasteiger partial charge in [-0.15, -0.1) is 0 Å². The Morgan fingerprint density at radius 3 is 2.57 bits per heavy atom. The molecule has 14 heavy (non-hydrogen) atoms. The zero-order chi connectivity index (χ0) is 9.54. The van der Waals surface area contributed by atoms with Crippen LogP contribution < -0.4 is 4.74 Å². The lowest BCUT2D eigenvalue weighted by Crippen LogP contribution is -1.85. The van der Waals surface area contributed by atoms with Gasteiger partial charge in [0.2, 0.25) is 0 Å². The summed E-state index contributed by atoms with van der Waals surface area (Å²) in [6.07, 6.45) is 0. The molecule has 3 rings (SSSR count). The average Bonchev–Trinajstić information content (AvgIpc) is 2.83. The molecule has 0 N–H and O–H groups in total. The largest absolute Gasteiger partial charge is 0.494 e. The molecule has 0 bridgehead atoms. The molecule has 0 atom stereocenters. The van der Waals surface area contributed by atoms with Gasteiger partial charge in [-0.1, -0.05) is 0 Å². The molecule has 0 fully saturated rings. The Morgan fingerprint density at radius 2 is 1.71 bits per heavy atom. The smallest absolute Gasteiger partial charge is 0.150 e. The summed E-state index contributed by atoms with van der Waals surface area (Å²) in [4.78, 5) is 0. The van der Waals surface area contributed by atoms with Gasteiger partial charge < -0.3 is 4.74 Å². The third-order valence-corrected chi connectivity index (χ3v) is 3.02. The molecule has 0 unspecified atom stereocenters. The highest BCUT2D eigenvalue weighted by molar-refractivity contribution is 7.01. The third kappa shape index (κ3) is 0.933. The van der Waals surface area contributed by atoms with E-state index in [0.717, 1.165) is 33.8 Å². The number of fused-ring (bicyclic) bond motifs is 3. The summed E-state index contributed by atoms with van der Waals surface area (Å²) in [6.45, 7) is 0. The minimum atomic E-state index is 0.703. The highest BCUT2D eigenvalue weighted by atomic mass is 32.1. The molecule has 70 valence electrons. The Morgan fingerprint density at radius 1 is 1.00 bits per heavy atom. The molecular weight excluding hydrogens is 220 g/mol. The maximum atomic E-state index is 5.20. The molecule has 2 heterocycles. The van der Waals surface area contributed by atoms with Crippen LogP contribution in [0.5, 0.6) is 5.75 Å². The Labute approximate surface area is 87.0 Å². The lowest BCUT2D eigenvalue weighted by molar-refractivity contribution is 0.419. The van der Waals surface area contributed by atoms with Crippen molar-refractivity contribution in [3.63, 3.8) is 0 Å². The summed E-state index contributed by atoms with van der Waals surface area (Å²) >= 11 is 2.33. The standard InChI is InChI=1S/C7H4N4OS2/c1-12-4-2-3-5(9-13-8-3)7-6(4)10-14-11-7/h2H,1H3. The number of hydrogen-bond donors (Lipinski definition) is 0. The van der Waals surface area contributed by atoms with Crippen molar-refractivity contribution in [2.24, 2.45) is 0 Å². The van der Waals surface area contributed by atoms with E-state index in [4.69, 9.17) is 4.74 Å². The van der Waals surface area contributed by atoms with Crippen LogP contribution in [0.4, 0.5) is 0 Å². The Kier molecular flexibility index (Phi) is 1.62. The molecule has 0 amide bonds. The fourth-order valence-electron chi connectivity index (χ4n) is 1.31. The van der Waals surface area contributed by atoms with Crippen LogP contribution >= 0.6 is 23.5 Å². The second kappa shape index (κ2) is 2.82. The monoisotopic (exact) mass is 224 g/mol. The molecule has 1 aromatic carbocycles. The van der Waals surface area contributed by atoms with Crippen LogP contribution in [0.1, 0.15) is 0 Å². The summed E-state index contributed by atoms with van der Waals surface area (Å²) in [5.74, 6) is 0.703. The first-order valence-corrected chi connectivity index (χ1v) is 5.28. The van der Waals surface area contributed by atoms with Crippen molar-refractivity contribution < 1.29 is 4.74 Å². The SMILES string of the molecule is COc1cc2nsnc2c2nsnc12. The Bertz CT molecular complexity index is 602. The second-order valence-corrected chi connectivity index (χ2v) is 3.73. The van der Waals surface area contributed by atoms with Crippen molar-refractivity contribution in [2.75, 3.05) is 7.11 Å². The topological polar surface area (TPSA) is 60.8 Å². The lowest BCUT2D eigenvalue weighted by atomic mass is 10.2. The fourth-order valence-corrected chi connectivity index (χ4v) is 2.39. The van der Waals surface area contributed by atoms with Crippen LogP contribution in [0, 0.1) is 0 Å². The van der Waals surface area contributed by atoms with Gasteiger partial charge in [0, 0.05) is 6.07 Å². The minimum absolute atomic E-state index is 0.703. The number of aromatic nitrogens is 4. The summed E-state index contributed by atoms with van der Waals surface area (Å²) in [7, 11) is 1.61. The van der Waals surface area contributed by atoms with Crippen LogP contribution in [-0.4, -0.2) is 24.6 Å². The molecule has 0 aliphatic rings. The Hall–Kier alpha value is -1.34. The van der Waals surface area contributed by atoms with E-state index in [1.165, 1.54) is 11.7 Å². The van der Waals surface area contributed by atoms with Crippen molar-refractivity contribution in [3.05, 3.63) is 6.07 Å². The molecule has 0 saturated carbocycles. The molecule has 3 aromatic rings. The number of rotatable bonds is 1. The second-order valence-electron chi connectivity index (χ2n) is 2.67. The number of benzene rings is 1. The first-order valence-electron chi connectivity index (χ1n) is 3.81. The zero-order valence-corrected chi connectivity index (χ0v) is 8.72. The quantitative estimate of drug-likeness (QED) is 0.629. The van der Waals surface area contributed by atoms with Crippen LogP contribution in [0.15, 0.2) is 6.07 Å². The van der Waals surface area contributed by atoms with E-state index < -0.39 is 0 Å². The average molecular weight is 224 g/mol. The third-order valence-electron chi connectivity index (χ3n) is 1.95. The van der Waals surface area contributed by atoms with Crippen LogP contribution in [0.3, 0.4) is 0 Å². The van der Waals surface area contributed by atoms with Crippen molar-refractivity contribution in [2.45, 2.75) is 0 Å². The maximum Gasteiger partial charge on any atom is 0.150 e. The van der Waals surface area contributed by atoms with Crippen LogP contribution in [0.25, 0.3) is 22.1 Å². The van der Waals surface area contributed by atoms with E-state index in [9.17, 15) is 0 Å². The number of methoxy groups -OCH3 is 1. The van der Waals surface area contributed by atoms with E-state index in [2.05, 4.69) is 17.5 Å². The van der Waals surface area contributed by atoms with Gasteiger partial charge >= 0.3 is 0 Å². The van der Waals surface area contributed by atoms with Crippen molar-refractivity contribution in [3.8, 4) is 5.75 Å². The van der Waals surface area contributed by atoms with E-state index >= 15 is 0 Å². The van der Waals surface area contributed by atoms with Gasteiger partial charge in [-0.05, 0) is 0 Å². The predicted octanol–water partition coefficient (Wildman–Crippen LogP) is 1.70. The Balaban J connectivity index is 2.59. The molecule has 0 saturated heterocycles. The maximum absolute atomic E-state index is 5.20. The normalized spacial score (nSPS) is 11.2. The highest BCUT2D eigenvalue weighted by Gasteiger charge is 2.13. The van der Waals surface area contributed by atoms with Gasteiger partial charge in [-0.25, -0.2) is 0 Å². The van der Waals surface area contributed by atoms with Gasteiger partial charge in [0.05, 0.1) is 30.6 Å². The first kappa shape index (κ1) is 8.01. The van der Waals surface area contributed by atoms with Gasteiger partial charge in [-0.3, -0.25) is 0 Å². The van der Waals surface area contributed by atoms with Crippen LogP contribution in [-0.2, 0) is 0 Å². The molecule has 7 heteroatoms. The van der Waals surface area contributed by atoms with Crippen molar-refractivity contribution in [1.29, 1.82) is 0 Å². The minimum Gasteiger partial charge on any atom is -0.494 e. The van der Waals surface area contributed by atoms with Gasteiger partial charge in [-0.2, -0.15) is 17.5 Å². The van der Waals surface area contributed by atoms with Crippen molar-refractivity contribution >= 4 is 45.5 Å². The summed E-state index contributed by atoms with van der Waals surface area (Å²) in [5, 5.41) is 0. The molecule has 0 spiro atoms. The molecule has 0 aliphatic heterocycles. The van der Waals surface area contributed by atoms with Crippen molar-refractivity contribution in [1.82, 2.24) is 17.5 Å². The van der Waals surface area contributed by atoms with Crippen LogP contribution in [0.2, 0.25) is 0 Å². The number of nitrogens with zero attached hydrogens (tertiary/aromatic N) is 4. The molecule has 0 aliphatic carbocycles. The predicted molar refractivity (Wildman–Crippen MR) is 54.9 cm³/mol. The van der Waals surface area contributed by atoms with E-state index in [-0.39, 0.29) is 0 Å². The van der Waals surface area contributed by atoms with E-state index in [1.54, 1.807) is 7.11 Å². The van der Waals surface area contributed by atoms with Gasteiger partial charge in [0.25, 0.3) is 0 Å². The highest BCUT2D eigenvalue weighted by Crippen LogP contribution is 2.30. The van der Waals surface area contributed by atoms with Gasteiger partial charge in [0.15, 0.2) is 0 Å².